The third-order valence-corrected chi connectivity index (χ3v) is 4.54. The van der Waals surface area contributed by atoms with E-state index in [1.54, 1.807) is 0 Å². The normalized spacial score (nSPS) is 25.3. The summed E-state index contributed by atoms with van der Waals surface area (Å²) in [5.41, 5.74) is -0.424. The van der Waals surface area contributed by atoms with Gasteiger partial charge in [-0.05, 0) is 53.0 Å². The molecule has 2 aliphatic rings. The van der Waals surface area contributed by atoms with Gasteiger partial charge in [-0.3, -0.25) is 4.90 Å². The fourth-order valence-corrected chi connectivity index (χ4v) is 3.60. The number of rotatable bonds is 6. The van der Waals surface area contributed by atoms with E-state index in [1.807, 2.05) is 25.7 Å². The van der Waals surface area contributed by atoms with Crippen molar-refractivity contribution in [3.63, 3.8) is 0 Å². The second-order valence-corrected chi connectivity index (χ2v) is 7.56. The molecule has 22 heavy (non-hydrogen) atoms. The Kier molecular flexibility index (Phi) is 6.09. The first-order chi connectivity index (χ1) is 10.4. The Balaban J connectivity index is 1.75. The number of nitrogens with zero attached hydrogens (tertiary/aromatic N) is 2. The van der Waals surface area contributed by atoms with Crippen LogP contribution in [-0.4, -0.2) is 66.3 Å². The SMILES string of the molecule is CCCN(CCNC1CCN2CCCC12)C(=O)OC(C)(C)C. The van der Waals surface area contributed by atoms with Gasteiger partial charge in [0, 0.05) is 38.3 Å². The van der Waals surface area contributed by atoms with Crippen molar-refractivity contribution in [3.05, 3.63) is 0 Å². The number of amides is 1. The van der Waals surface area contributed by atoms with Crippen LogP contribution in [-0.2, 0) is 4.74 Å². The molecule has 2 unspecified atom stereocenters. The van der Waals surface area contributed by atoms with Crippen molar-refractivity contribution in [2.45, 2.75) is 71.1 Å². The molecule has 0 aromatic carbocycles. The average molecular weight is 311 g/mol. The summed E-state index contributed by atoms with van der Waals surface area (Å²) >= 11 is 0. The molecule has 0 aliphatic carbocycles. The van der Waals surface area contributed by atoms with Gasteiger partial charge in [0.25, 0.3) is 0 Å². The van der Waals surface area contributed by atoms with E-state index < -0.39 is 5.60 Å². The summed E-state index contributed by atoms with van der Waals surface area (Å²) in [5.74, 6) is 0. The molecule has 1 N–H and O–H groups in total. The third-order valence-electron chi connectivity index (χ3n) is 4.54. The highest BCUT2D eigenvalue weighted by molar-refractivity contribution is 5.68. The minimum Gasteiger partial charge on any atom is -0.444 e. The van der Waals surface area contributed by atoms with Crippen molar-refractivity contribution in [2.75, 3.05) is 32.7 Å². The Bertz CT molecular complexity index is 367. The van der Waals surface area contributed by atoms with Crippen molar-refractivity contribution < 1.29 is 9.53 Å². The molecule has 128 valence electrons. The Labute approximate surface area is 135 Å². The van der Waals surface area contributed by atoms with Crippen LogP contribution in [0, 0.1) is 0 Å². The zero-order valence-corrected chi connectivity index (χ0v) is 14.7. The second-order valence-electron chi connectivity index (χ2n) is 7.56. The van der Waals surface area contributed by atoms with E-state index in [9.17, 15) is 4.79 Å². The van der Waals surface area contributed by atoms with Crippen LogP contribution < -0.4 is 5.32 Å². The highest BCUT2D eigenvalue weighted by Gasteiger charge is 2.36. The Morgan fingerprint density at radius 2 is 2.05 bits per heavy atom. The fourth-order valence-electron chi connectivity index (χ4n) is 3.60. The van der Waals surface area contributed by atoms with Gasteiger partial charge in [0.15, 0.2) is 0 Å². The molecule has 0 radical (unpaired) electrons. The van der Waals surface area contributed by atoms with Crippen LogP contribution >= 0.6 is 0 Å². The predicted octanol–water partition coefficient (Wildman–Crippen LogP) is 2.46. The molecular weight excluding hydrogens is 278 g/mol. The first kappa shape index (κ1) is 17.5. The molecule has 2 heterocycles. The number of fused-ring (bicyclic) bond motifs is 1. The molecule has 0 spiro atoms. The fraction of sp³-hybridized carbons (Fsp3) is 0.941. The summed E-state index contributed by atoms with van der Waals surface area (Å²) in [5, 5.41) is 3.67. The lowest BCUT2D eigenvalue weighted by Crippen LogP contribution is -2.45. The van der Waals surface area contributed by atoms with Gasteiger partial charge in [0.1, 0.15) is 5.60 Å². The van der Waals surface area contributed by atoms with Crippen LogP contribution in [0.15, 0.2) is 0 Å². The van der Waals surface area contributed by atoms with Crippen LogP contribution in [0.3, 0.4) is 0 Å². The van der Waals surface area contributed by atoms with E-state index in [2.05, 4.69) is 17.1 Å². The number of hydrogen-bond donors (Lipinski definition) is 1. The molecule has 2 rings (SSSR count). The molecule has 2 saturated heterocycles. The molecule has 0 aromatic rings. The number of hydrogen-bond acceptors (Lipinski definition) is 4. The van der Waals surface area contributed by atoms with Crippen molar-refractivity contribution in [1.82, 2.24) is 15.1 Å². The van der Waals surface area contributed by atoms with E-state index in [4.69, 9.17) is 4.74 Å². The van der Waals surface area contributed by atoms with Crippen molar-refractivity contribution >= 4 is 6.09 Å². The maximum absolute atomic E-state index is 12.2. The van der Waals surface area contributed by atoms with Crippen LogP contribution in [0.1, 0.15) is 53.4 Å². The Hall–Kier alpha value is -0.810. The maximum atomic E-state index is 12.2. The van der Waals surface area contributed by atoms with Gasteiger partial charge < -0.3 is 15.0 Å². The first-order valence-corrected chi connectivity index (χ1v) is 8.86. The van der Waals surface area contributed by atoms with Crippen molar-refractivity contribution in [3.8, 4) is 0 Å². The summed E-state index contributed by atoms with van der Waals surface area (Å²) in [7, 11) is 0. The lowest BCUT2D eigenvalue weighted by atomic mass is 10.1. The van der Waals surface area contributed by atoms with Gasteiger partial charge in [-0.15, -0.1) is 0 Å². The first-order valence-electron chi connectivity index (χ1n) is 8.86. The van der Waals surface area contributed by atoms with E-state index >= 15 is 0 Å². The van der Waals surface area contributed by atoms with Crippen LogP contribution in [0.5, 0.6) is 0 Å². The van der Waals surface area contributed by atoms with Gasteiger partial charge in [0.2, 0.25) is 0 Å². The predicted molar refractivity (Wildman–Crippen MR) is 89.1 cm³/mol. The molecule has 5 heteroatoms. The largest absolute Gasteiger partial charge is 0.444 e. The number of carbonyl (C=O) groups excluding carboxylic acids is 1. The lowest BCUT2D eigenvalue weighted by molar-refractivity contribution is 0.0250. The van der Waals surface area contributed by atoms with E-state index in [0.29, 0.717) is 6.04 Å². The lowest BCUT2D eigenvalue weighted by Gasteiger charge is -2.28. The Morgan fingerprint density at radius 1 is 1.27 bits per heavy atom. The van der Waals surface area contributed by atoms with Gasteiger partial charge in [-0.25, -0.2) is 4.79 Å². The van der Waals surface area contributed by atoms with Gasteiger partial charge in [-0.1, -0.05) is 6.92 Å². The third kappa shape index (κ3) is 4.85. The van der Waals surface area contributed by atoms with E-state index in [-0.39, 0.29) is 6.09 Å². The Morgan fingerprint density at radius 3 is 2.73 bits per heavy atom. The topological polar surface area (TPSA) is 44.8 Å². The van der Waals surface area contributed by atoms with Gasteiger partial charge >= 0.3 is 6.09 Å². The summed E-state index contributed by atoms with van der Waals surface area (Å²) < 4.78 is 5.50. The van der Waals surface area contributed by atoms with E-state index in [0.717, 1.165) is 32.1 Å². The quantitative estimate of drug-likeness (QED) is 0.818. The van der Waals surface area contributed by atoms with E-state index in [1.165, 1.54) is 32.4 Å². The monoisotopic (exact) mass is 311 g/mol. The highest BCUT2D eigenvalue weighted by Crippen LogP contribution is 2.27. The molecule has 2 aliphatic heterocycles. The van der Waals surface area contributed by atoms with Crippen molar-refractivity contribution in [2.24, 2.45) is 0 Å². The van der Waals surface area contributed by atoms with Crippen LogP contribution in [0.2, 0.25) is 0 Å². The molecule has 1 amide bonds. The summed E-state index contributed by atoms with van der Waals surface area (Å²) in [6.45, 7) is 12.7. The number of nitrogens with one attached hydrogen (secondary N) is 1. The summed E-state index contributed by atoms with van der Waals surface area (Å²) in [6.07, 6.45) is 4.67. The molecule has 2 fully saturated rings. The summed E-state index contributed by atoms with van der Waals surface area (Å²) in [6, 6.07) is 1.32. The smallest absolute Gasteiger partial charge is 0.410 e. The minimum atomic E-state index is -0.424. The molecule has 0 saturated carbocycles. The van der Waals surface area contributed by atoms with Crippen LogP contribution in [0.25, 0.3) is 0 Å². The van der Waals surface area contributed by atoms with Crippen molar-refractivity contribution in [1.29, 1.82) is 0 Å². The average Bonchev–Trinajstić information content (AvgIpc) is 3.00. The summed E-state index contributed by atoms with van der Waals surface area (Å²) in [4.78, 5) is 16.7. The standard InChI is InChI=1S/C17H33N3O2/c1-5-10-20(16(21)22-17(2,3)4)13-9-18-14-8-12-19-11-6-7-15(14)19/h14-15,18H,5-13H2,1-4H3. The molecular formula is C17H33N3O2. The minimum absolute atomic E-state index is 0.190. The number of carbonyl (C=O) groups is 1. The maximum Gasteiger partial charge on any atom is 0.410 e. The zero-order chi connectivity index (χ0) is 16.2. The molecule has 2 atom stereocenters. The van der Waals surface area contributed by atoms with Gasteiger partial charge in [0.05, 0.1) is 0 Å². The van der Waals surface area contributed by atoms with Gasteiger partial charge in [-0.2, -0.15) is 0 Å². The number of ether oxygens (including phenoxy) is 1. The van der Waals surface area contributed by atoms with Crippen LogP contribution in [0.4, 0.5) is 4.79 Å². The second kappa shape index (κ2) is 7.64. The molecule has 0 aromatic heterocycles. The molecule has 0 bridgehead atoms. The highest BCUT2D eigenvalue weighted by atomic mass is 16.6. The zero-order valence-electron chi connectivity index (χ0n) is 14.7. The molecule has 5 nitrogen and oxygen atoms in total.